The summed E-state index contributed by atoms with van der Waals surface area (Å²) in [6, 6.07) is 11.2. The largest absolute Gasteiger partial charge is 0.677 e. The molecule has 25 heavy (non-hydrogen) atoms. The molecule has 2 nitrogen and oxygen atoms in total. The van der Waals surface area contributed by atoms with Crippen molar-refractivity contribution < 1.29 is 8.63 Å². The molecule has 5 heteroatoms. The van der Waals surface area contributed by atoms with Crippen molar-refractivity contribution in [2.75, 3.05) is 0 Å². The Hall–Kier alpha value is -2.87. The quantitative estimate of drug-likeness (QED) is 0.554. The van der Waals surface area contributed by atoms with Gasteiger partial charge in [-0.15, -0.1) is 0 Å². The maximum Gasteiger partial charge on any atom is 0.677 e. The van der Waals surface area contributed by atoms with E-state index in [-0.39, 0.29) is 0 Å². The monoisotopic (exact) mass is 334 g/mol. The zero-order valence-electron chi connectivity index (χ0n) is 14.3. The van der Waals surface area contributed by atoms with Gasteiger partial charge in [-0.25, -0.2) is 0 Å². The van der Waals surface area contributed by atoms with Crippen LogP contribution in [0.4, 0.5) is 8.63 Å². The molecule has 1 aromatic carbocycles. The molecular formula is C20H17BF2N2. The molecule has 0 atom stereocenters. The highest BCUT2D eigenvalue weighted by atomic mass is 19.2. The van der Waals surface area contributed by atoms with Crippen LogP contribution in [-0.4, -0.2) is 17.6 Å². The predicted octanol–water partition coefficient (Wildman–Crippen LogP) is 4.81. The molecule has 0 bridgehead atoms. The fourth-order valence-electron chi connectivity index (χ4n) is 2.86. The summed E-state index contributed by atoms with van der Waals surface area (Å²) < 4.78 is 27.9. The van der Waals surface area contributed by atoms with Crippen molar-refractivity contribution in [2.45, 2.75) is 20.8 Å². The molecular weight excluding hydrogens is 317 g/mol. The van der Waals surface area contributed by atoms with Crippen LogP contribution in [0.2, 0.25) is 0 Å². The van der Waals surface area contributed by atoms with E-state index in [1.54, 1.807) is 6.07 Å². The summed E-state index contributed by atoms with van der Waals surface area (Å²) in [7, 11) is -2.63. The van der Waals surface area contributed by atoms with E-state index >= 15 is 0 Å². The molecule has 0 fully saturated rings. The molecule has 1 aromatic heterocycles. The summed E-state index contributed by atoms with van der Waals surface area (Å²) in [6.45, 7) is 5.65. The zero-order chi connectivity index (χ0) is 18.0. The maximum atomic E-state index is 13.5. The van der Waals surface area contributed by atoms with E-state index < -0.39 is 7.40 Å². The second-order valence-electron chi connectivity index (χ2n) is 5.97. The highest BCUT2D eigenvalue weighted by Gasteiger charge is 2.23. The van der Waals surface area contributed by atoms with Crippen LogP contribution < -0.4 is 0 Å². The van der Waals surface area contributed by atoms with Crippen molar-refractivity contribution in [3.63, 3.8) is 0 Å². The van der Waals surface area contributed by atoms with Crippen LogP contribution in [0, 0.1) is 11.8 Å². The average molecular weight is 334 g/mol. The van der Waals surface area contributed by atoms with Gasteiger partial charge in [0.15, 0.2) is 0 Å². The number of rotatable bonds is 2. The highest BCUT2D eigenvalue weighted by Crippen LogP contribution is 2.29. The molecule has 0 saturated carbocycles. The number of hydrogen-bond acceptors (Lipinski definition) is 1. The van der Waals surface area contributed by atoms with E-state index in [1.165, 1.54) is 6.20 Å². The Balaban J connectivity index is 2.04. The van der Waals surface area contributed by atoms with Crippen LogP contribution in [0.15, 0.2) is 64.9 Å². The number of aliphatic imine (C=N–C) groups is 1. The molecule has 2 heterocycles. The van der Waals surface area contributed by atoms with Crippen LogP contribution in [0.5, 0.6) is 0 Å². The lowest BCUT2D eigenvalue weighted by molar-refractivity contribution is 0.628. The molecule has 1 aliphatic rings. The fraction of sp³-hybridized carbons (Fsp3) is 0.150. The van der Waals surface area contributed by atoms with Crippen molar-refractivity contribution in [1.82, 2.24) is 4.48 Å². The molecule has 0 N–H and O–H groups in total. The maximum absolute atomic E-state index is 13.5. The van der Waals surface area contributed by atoms with Crippen molar-refractivity contribution in [3.8, 4) is 11.8 Å². The topological polar surface area (TPSA) is 17.3 Å². The summed E-state index contributed by atoms with van der Waals surface area (Å²) in [5.74, 6) is 5.97. The first-order valence-corrected chi connectivity index (χ1v) is 7.98. The van der Waals surface area contributed by atoms with Gasteiger partial charge in [0, 0.05) is 28.7 Å². The summed E-state index contributed by atoms with van der Waals surface area (Å²) in [5, 5.41) is 0. The molecule has 0 amide bonds. The normalized spacial score (nSPS) is 15.2. The molecule has 124 valence electrons. The third-order valence-electron chi connectivity index (χ3n) is 4.01. The first kappa shape index (κ1) is 17.0. The summed E-state index contributed by atoms with van der Waals surface area (Å²) >= 11 is 0. The Labute approximate surface area is 146 Å². The number of halogens is 2. The van der Waals surface area contributed by atoms with E-state index in [9.17, 15) is 8.63 Å². The van der Waals surface area contributed by atoms with Crippen molar-refractivity contribution in [2.24, 2.45) is 4.99 Å². The minimum Gasteiger partial charge on any atom is -0.331 e. The standard InChI is InChI=1S/C20H17BF2N2/c1-14-11-15(2)24-20(14)16(3)19-12-18(13-25(19)21(22)23)10-9-17-7-5-4-6-8-17/h4-8,11-13H,1-3H3/b20-16-. The van der Waals surface area contributed by atoms with Crippen LogP contribution >= 0.6 is 0 Å². The number of hydrogen-bond donors (Lipinski definition) is 0. The first-order chi connectivity index (χ1) is 12.0. The third-order valence-corrected chi connectivity index (χ3v) is 4.01. The van der Waals surface area contributed by atoms with E-state index in [2.05, 4.69) is 16.8 Å². The van der Waals surface area contributed by atoms with Crippen molar-refractivity contribution >= 4 is 18.7 Å². The van der Waals surface area contributed by atoms with Crippen LogP contribution in [0.3, 0.4) is 0 Å². The van der Waals surface area contributed by atoms with Gasteiger partial charge in [0.05, 0.1) is 5.70 Å². The summed E-state index contributed by atoms with van der Waals surface area (Å²) in [6.07, 6.45) is 3.34. The van der Waals surface area contributed by atoms with Crippen molar-refractivity contribution in [3.05, 3.63) is 76.8 Å². The molecule has 2 aromatic rings. The Kier molecular flexibility index (Phi) is 4.71. The highest BCUT2D eigenvalue weighted by molar-refractivity contribution is 6.41. The minimum atomic E-state index is -2.63. The number of benzene rings is 1. The summed E-state index contributed by atoms with van der Waals surface area (Å²) in [5.41, 5.74) is 5.17. The van der Waals surface area contributed by atoms with E-state index in [4.69, 9.17) is 0 Å². The number of nitrogens with zero attached hydrogens (tertiary/aromatic N) is 2. The molecule has 0 saturated heterocycles. The Morgan fingerprint density at radius 3 is 2.36 bits per heavy atom. The summed E-state index contributed by atoms with van der Waals surface area (Å²) in [4.78, 5) is 4.46. The lowest BCUT2D eigenvalue weighted by Gasteiger charge is -2.08. The van der Waals surface area contributed by atoms with Gasteiger partial charge in [-0.3, -0.25) is 13.6 Å². The van der Waals surface area contributed by atoms with Gasteiger partial charge in [0.1, 0.15) is 0 Å². The molecule has 0 radical (unpaired) electrons. The molecule has 0 unspecified atom stereocenters. The third kappa shape index (κ3) is 3.64. The lowest BCUT2D eigenvalue weighted by Crippen LogP contribution is -2.14. The van der Waals surface area contributed by atoms with E-state index in [1.807, 2.05) is 57.2 Å². The fourth-order valence-corrected chi connectivity index (χ4v) is 2.86. The smallest absolute Gasteiger partial charge is 0.331 e. The van der Waals surface area contributed by atoms with Gasteiger partial charge in [-0.1, -0.05) is 30.0 Å². The molecule has 3 rings (SSSR count). The Bertz CT molecular complexity index is 955. The molecule has 0 spiro atoms. The predicted molar refractivity (Wildman–Crippen MR) is 99.7 cm³/mol. The van der Waals surface area contributed by atoms with Crippen molar-refractivity contribution in [1.29, 1.82) is 0 Å². The second kappa shape index (κ2) is 6.94. The van der Waals surface area contributed by atoms with Gasteiger partial charge < -0.3 is 4.48 Å². The van der Waals surface area contributed by atoms with Crippen LogP contribution in [0.25, 0.3) is 5.57 Å². The number of allylic oxidation sites excluding steroid dienone is 3. The number of aromatic nitrogens is 1. The first-order valence-electron chi connectivity index (χ1n) is 7.98. The van der Waals surface area contributed by atoms with Crippen LogP contribution in [-0.2, 0) is 0 Å². The minimum absolute atomic E-state index is 0.438. The van der Waals surface area contributed by atoms with Gasteiger partial charge >= 0.3 is 7.40 Å². The van der Waals surface area contributed by atoms with Gasteiger partial charge in [-0.05, 0) is 56.2 Å². The second-order valence-corrected chi connectivity index (χ2v) is 5.97. The lowest BCUT2D eigenvalue weighted by atomic mass is 10.1. The zero-order valence-corrected chi connectivity index (χ0v) is 14.3. The molecule has 0 aliphatic carbocycles. The average Bonchev–Trinajstić information content (AvgIpc) is 3.16. The van der Waals surface area contributed by atoms with E-state index in [0.29, 0.717) is 11.3 Å². The Morgan fingerprint density at radius 1 is 1.08 bits per heavy atom. The van der Waals surface area contributed by atoms with Gasteiger partial charge in [0.2, 0.25) is 0 Å². The van der Waals surface area contributed by atoms with Gasteiger partial charge in [-0.2, -0.15) is 0 Å². The van der Waals surface area contributed by atoms with E-state index in [0.717, 1.165) is 32.6 Å². The van der Waals surface area contributed by atoms with Crippen LogP contribution in [0.1, 0.15) is 37.6 Å². The van der Waals surface area contributed by atoms with Gasteiger partial charge in [0.25, 0.3) is 0 Å². The SMILES string of the molecule is CC1=CC(C)=N/C1=C(/C)c1cc(C#Cc2ccccc2)cn1B(F)F. The molecule has 1 aliphatic heterocycles. The Morgan fingerprint density at radius 2 is 1.76 bits per heavy atom.